The van der Waals surface area contributed by atoms with Crippen molar-refractivity contribution >= 4 is 11.7 Å². The van der Waals surface area contributed by atoms with E-state index in [-0.39, 0.29) is 5.92 Å². The van der Waals surface area contributed by atoms with E-state index in [1.165, 1.54) is 0 Å². The molecule has 0 heterocycles. The second-order valence-electron chi connectivity index (χ2n) is 4.24. The van der Waals surface area contributed by atoms with Crippen LogP contribution in [0.15, 0.2) is 4.99 Å². The minimum Gasteiger partial charge on any atom is -0.481 e. The first-order valence-electron chi connectivity index (χ1n) is 5.72. The molecular weight excluding hydrogens is 190 g/mol. The van der Waals surface area contributed by atoms with Crippen LogP contribution in [0.1, 0.15) is 47.0 Å². The Kier molecular flexibility index (Phi) is 7.01. The molecule has 0 aliphatic heterocycles. The molecule has 3 heteroatoms. The van der Waals surface area contributed by atoms with E-state index in [2.05, 4.69) is 18.8 Å². The predicted octanol–water partition coefficient (Wildman–Crippen LogP) is 2.99. The Morgan fingerprint density at radius 2 is 1.80 bits per heavy atom. The van der Waals surface area contributed by atoms with Gasteiger partial charge < -0.3 is 5.11 Å². The molecule has 0 aliphatic carbocycles. The van der Waals surface area contributed by atoms with Gasteiger partial charge in [0.1, 0.15) is 0 Å². The third-order valence-corrected chi connectivity index (χ3v) is 2.75. The van der Waals surface area contributed by atoms with Gasteiger partial charge in [-0.2, -0.15) is 0 Å². The summed E-state index contributed by atoms with van der Waals surface area (Å²) >= 11 is 0. The van der Waals surface area contributed by atoms with Crippen molar-refractivity contribution in [2.24, 2.45) is 16.8 Å². The summed E-state index contributed by atoms with van der Waals surface area (Å²) in [5.41, 5.74) is 1.15. The highest BCUT2D eigenvalue weighted by Gasteiger charge is 2.13. The minimum atomic E-state index is -0.703. The van der Waals surface area contributed by atoms with E-state index < -0.39 is 5.97 Å². The van der Waals surface area contributed by atoms with E-state index in [1.807, 2.05) is 6.92 Å². The zero-order valence-electron chi connectivity index (χ0n) is 10.3. The maximum Gasteiger partial charge on any atom is 0.306 e. The summed E-state index contributed by atoms with van der Waals surface area (Å²) in [5.74, 6) is -0.546. The zero-order valence-corrected chi connectivity index (χ0v) is 10.3. The highest BCUT2D eigenvalue weighted by atomic mass is 16.4. The van der Waals surface area contributed by atoms with Crippen LogP contribution in [-0.2, 0) is 4.79 Å². The first kappa shape index (κ1) is 14.1. The van der Waals surface area contributed by atoms with Crippen molar-refractivity contribution in [2.75, 3.05) is 6.54 Å². The molecule has 0 amide bonds. The van der Waals surface area contributed by atoms with Crippen LogP contribution < -0.4 is 0 Å². The molecule has 2 atom stereocenters. The fourth-order valence-electron chi connectivity index (χ4n) is 1.28. The van der Waals surface area contributed by atoms with Crippen LogP contribution in [-0.4, -0.2) is 23.3 Å². The summed E-state index contributed by atoms with van der Waals surface area (Å²) in [5, 5.41) is 8.74. The van der Waals surface area contributed by atoms with Gasteiger partial charge in [-0.15, -0.1) is 0 Å². The summed E-state index contributed by atoms with van der Waals surface area (Å²) in [4.78, 5) is 15.1. The van der Waals surface area contributed by atoms with Gasteiger partial charge >= 0.3 is 5.97 Å². The van der Waals surface area contributed by atoms with Crippen LogP contribution >= 0.6 is 0 Å². The van der Waals surface area contributed by atoms with Crippen molar-refractivity contribution in [3.8, 4) is 0 Å². The van der Waals surface area contributed by atoms with Gasteiger partial charge in [0, 0.05) is 12.3 Å². The quantitative estimate of drug-likeness (QED) is 0.661. The Morgan fingerprint density at radius 1 is 1.27 bits per heavy atom. The molecule has 0 aromatic rings. The van der Waals surface area contributed by atoms with Crippen molar-refractivity contribution in [2.45, 2.75) is 47.0 Å². The Bertz CT molecular complexity index is 224. The van der Waals surface area contributed by atoms with Gasteiger partial charge in [-0.3, -0.25) is 9.79 Å². The normalized spacial score (nSPS) is 16.1. The lowest BCUT2D eigenvalue weighted by Crippen LogP contribution is -2.14. The molecule has 0 saturated carbocycles. The molecule has 0 aromatic carbocycles. The van der Waals surface area contributed by atoms with E-state index in [0.29, 0.717) is 5.92 Å². The number of aliphatic imine (C=N–C) groups is 1. The molecule has 88 valence electrons. The Balaban J connectivity index is 3.92. The first-order valence-corrected chi connectivity index (χ1v) is 5.72. The molecule has 1 N–H and O–H groups in total. The van der Waals surface area contributed by atoms with Gasteiger partial charge in [0.2, 0.25) is 0 Å². The fraction of sp³-hybridized carbons (Fsp3) is 0.833. The molecule has 0 saturated heterocycles. The number of rotatable bonds is 7. The lowest BCUT2D eigenvalue weighted by molar-refractivity contribution is -0.141. The molecular formula is C12H23NO2. The summed E-state index contributed by atoms with van der Waals surface area (Å²) < 4.78 is 0. The van der Waals surface area contributed by atoms with Gasteiger partial charge in [0.05, 0.1) is 5.92 Å². The van der Waals surface area contributed by atoms with Crippen LogP contribution in [0.25, 0.3) is 0 Å². The third kappa shape index (κ3) is 6.26. The number of hydrogen-bond donors (Lipinski definition) is 1. The molecule has 0 rings (SSSR count). The van der Waals surface area contributed by atoms with Gasteiger partial charge in [0.25, 0.3) is 0 Å². The number of nitrogens with zero attached hydrogens (tertiary/aromatic N) is 1. The van der Waals surface area contributed by atoms with Crippen LogP contribution in [0.4, 0.5) is 0 Å². The molecule has 0 radical (unpaired) electrons. The Hall–Kier alpha value is -0.860. The van der Waals surface area contributed by atoms with Crippen LogP contribution in [0.2, 0.25) is 0 Å². The molecule has 0 bridgehead atoms. The van der Waals surface area contributed by atoms with E-state index in [9.17, 15) is 4.79 Å². The molecule has 0 aliphatic rings. The molecule has 3 nitrogen and oxygen atoms in total. The Labute approximate surface area is 92.6 Å². The number of carboxylic acids is 1. The van der Waals surface area contributed by atoms with Crippen LogP contribution in [0.5, 0.6) is 0 Å². The lowest BCUT2D eigenvalue weighted by Gasteiger charge is -2.13. The summed E-state index contributed by atoms with van der Waals surface area (Å²) in [6, 6.07) is 0. The number of aliphatic carboxylic acids is 1. The highest BCUT2D eigenvalue weighted by molar-refractivity contribution is 5.84. The molecule has 15 heavy (non-hydrogen) atoms. The van der Waals surface area contributed by atoms with Crippen molar-refractivity contribution in [1.82, 2.24) is 0 Å². The topological polar surface area (TPSA) is 49.7 Å². The smallest absolute Gasteiger partial charge is 0.306 e. The van der Waals surface area contributed by atoms with Crippen molar-refractivity contribution < 1.29 is 9.90 Å². The van der Waals surface area contributed by atoms with E-state index in [1.54, 1.807) is 6.92 Å². The summed E-state index contributed by atoms with van der Waals surface area (Å²) in [6.45, 7) is 8.89. The SMILES string of the molecule is CCCN=C(C)C(C)CCC(C)C(=O)O. The standard InChI is InChI=1S/C12H23NO2/c1-5-8-13-11(4)9(2)6-7-10(3)12(14)15/h9-10H,5-8H2,1-4H3,(H,14,15). The monoisotopic (exact) mass is 213 g/mol. The lowest BCUT2D eigenvalue weighted by atomic mass is 9.95. The number of carboxylic acid groups (broad SMARTS) is 1. The zero-order chi connectivity index (χ0) is 11.8. The van der Waals surface area contributed by atoms with Crippen molar-refractivity contribution in [1.29, 1.82) is 0 Å². The van der Waals surface area contributed by atoms with Gasteiger partial charge in [-0.05, 0) is 32.1 Å². The summed E-state index contributed by atoms with van der Waals surface area (Å²) in [7, 11) is 0. The Morgan fingerprint density at radius 3 is 2.27 bits per heavy atom. The average Bonchev–Trinajstić information content (AvgIpc) is 2.21. The van der Waals surface area contributed by atoms with Crippen LogP contribution in [0.3, 0.4) is 0 Å². The molecule has 0 spiro atoms. The van der Waals surface area contributed by atoms with E-state index in [0.717, 1.165) is 31.5 Å². The number of carbonyl (C=O) groups is 1. The molecule has 0 fully saturated rings. The van der Waals surface area contributed by atoms with Crippen LogP contribution in [0, 0.1) is 11.8 Å². The maximum absolute atomic E-state index is 10.6. The van der Waals surface area contributed by atoms with E-state index in [4.69, 9.17) is 5.11 Å². The second-order valence-corrected chi connectivity index (χ2v) is 4.24. The minimum absolute atomic E-state index is 0.244. The summed E-state index contributed by atoms with van der Waals surface area (Å²) in [6.07, 6.45) is 2.71. The first-order chi connectivity index (χ1) is 6.99. The molecule has 2 unspecified atom stereocenters. The third-order valence-electron chi connectivity index (χ3n) is 2.75. The predicted molar refractivity (Wildman–Crippen MR) is 63.5 cm³/mol. The van der Waals surface area contributed by atoms with E-state index >= 15 is 0 Å². The van der Waals surface area contributed by atoms with Gasteiger partial charge in [-0.25, -0.2) is 0 Å². The van der Waals surface area contributed by atoms with Crippen molar-refractivity contribution in [3.63, 3.8) is 0 Å². The highest BCUT2D eigenvalue weighted by Crippen LogP contribution is 2.14. The molecule has 0 aromatic heterocycles. The second kappa shape index (κ2) is 7.43. The van der Waals surface area contributed by atoms with Crippen molar-refractivity contribution in [3.05, 3.63) is 0 Å². The fourth-order valence-corrected chi connectivity index (χ4v) is 1.28. The number of hydrogen-bond acceptors (Lipinski definition) is 2. The largest absolute Gasteiger partial charge is 0.481 e. The van der Waals surface area contributed by atoms with Gasteiger partial charge in [-0.1, -0.05) is 20.8 Å². The van der Waals surface area contributed by atoms with Gasteiger partial charge in [0.15, 0.2) is 0 Å². The maximum atomic E-state index is 10.6. The average molecular weight is 213 g/mol.